The van der Waals surface area contributed by atoms with Crippen molar-refractivity contribution >= 4 is 11.6 Å². The third kappa shape index (κ3) is 3.85. The number of hydrogen-bond acceptors (Lipinski definition) is 6. The molecule has 3 aromatic rings. The van der Waals surface area contributed by atoms with E-state index in [0.717, 1.165) is 11.1 Å². The van der Waals surface area contributed by atoms with Crippen LogP contribution in [0.15, 0.2) is 40.9 Å². The van der Waals surface area contributed by atoms with Gasteiger partial charge < -0.3 is 18.7 Å². The fraction of sp³-hybridized carbons (Fsp3) is 0.222. The molecule has 130 valence electrons. The first-order valence-electron chi connectivity index (χ1n) is 7.54. The summed E-state index contributed by atoms with van der Waals surface area (Å²) in [7, 11) is 3.16. The van der Waals surface area contributed by atoms with Crippen molar-refractivity contribution in [1.29, 1.82) is 0 Å². The molecule has 0 saturated heterocycles. The molecule has 3 rings (SSSR count). The minimum absolute atomic E-state index is 0.168. The predicted molar refractivity (Wildman–Crippen MR) is 93.4 cm³/mol. The lowest BCUT2D eigenvalue weighted by molar-refractivity contribution is 0.243. The van der Waals surface area contributed by atoms with E-state index in [4.69, 9.17) is 30.3 Å². The molecule has 0 aliphatic rings. The van der Waals surface area contributed by atoms with E-state index >= 15 is 0 Å². The smallest absolute Gasteiger partial charge is 0.264 e. The van der Waals surface area contributed by atoms with Crippen LogP contribution in [0.4, 0.5) is 0 Å². The maximum Gasteiger partial charge on any atom is 0.264 e. The van der Waals surface area contributed by atoms with Crippen LogP contribution in [0.3, 0.4) is 0 Å². The lowest BCUT2D eigenvalue weighted by Crippen LogP contribution is -1.96. The van der Waals surface area contributed by atoms with Crippen LogP contribution in [0, 0.1) is 6.92 Å². The molecule has 0 radical (unpaired) electrons. The van der Waals surface area contributed by atoms with Crippen LogP contribution < -0.4 is 14.2 Å². The Hall–Kier alpha value is -2.73. The Bertz CT molecular complexity index is 879. The fourth-order valence-corrected chi connectivity index (χ4v) is 2.38. The quantitative estimate of drug-likeness (QED) is 0.653. The monoisotopic (exact) mass is 360 g/mol. The van der Waals surface area contributed by atoms with Crippen LogP contribution in [-0.4, -0.2) is 24.4 Å². The van der Waals surface area contributed by atoms with Gasteiger partial charge in [0.15, 0.2) is 18.1 Å². The van der Waals surface area contributed by atoms with Crippen molar-refractivity contribution in [1.82, 2.24) is 10.1 Å². The minimum atomic E-state index is 0.168. The first kappa shape index (κ1) is 17.1. The highest BCUT2D eigenvalue weighted by Crippen LogP contribution is 2.31. The molecule has 25 heavy (non-hydrogen) atoms. The third-order valence-corrected chi connectivity index (χ3v) is 4.03. The van der Waals surface area contributed by atoms with Crippen LogP contribution in [0.25, 0.3) is 11.4 Å². The molecule has 1 aromatic heterocycles. The van der Waals surface area contributed by atoms with E-state index in [9.17, 15) is 0 Å². The van der Waals surface area contributed by atoms with E-state index in [1.165, 1.54) is 0 Å². The standard InChI is InChI=1S/C18H17ClN2O4/c1-11-8-13(5-6-14(11)19)24-10-17-20-18(21-25-17)12-4-7-15(22-2)16(9-12)23-3/h4-9H,10H2,1-3H3. The van der Waals surface area contributed by atoms with Crippen molar-refractivity contribution in [3.8, 4) is 28.6 Å². The summed E-state index contributed by atoms with van der Waals surface area (Å²) >= 11 is 6.00. The number of nitrogens with zero attached hydrogens (tertiary/aromatic N) is 2. The number of benzene rings is 2. The predicted octanol–water partition coefficient (Wildman–Crippen LogP) is 4.29. The van der Waals surface area contributed by atoms with Crippen LogP contribution in [-0.2, 0) is 6.61 Å². The van der Waals surface area contributed by atoms with E-state index in [1.807, 2.05) is 19.1 Å². The Morgan fingerprint density at radius 1 is 1.04 bits per heavy atom. The van der Waals surface area contributed by atoms with Gasteiger partial charge in [-0.25, -0.2) is 0 Å². The van der Waals surface area contributed by atoms with Crippen molar-refractivity contribution in [2.24, 2.45) is 0 Å². The Morgan fingerprint density at radius 2 is 1.84 bits per heavy atom. The molecule has 0 spiro atoms. The number of ether oxygens (including phenoxy) is 3. The molecule has 2 aromatic carbocycles. The molecule has 0 N–H and O–H groups in total. The van der Waals surface area contributed by atoms with Gasteiger partial charge in [0.2, 0.25) is 5.82 Å². The van der Waals surface area contributed by atoms with E-state index in [0.29, 0.717) is 34.0 Å². The third-order valence-electron chi connectivity index (χ3n) is 3.60. The Morgan fingerprint density at radius 3 is 2.56 bits per heavy atom. The van der Waals surface area contributed by atoms with Crippen molar-refractivity contribution in [2.75, 3.05) is 14.2 Å². The van der Waals surface area contributed by atoms with Gasteiger partial charge in [-0.05, 0) is 48.9 Å². The molecule has 0 atom stereocenters. The van der Waals surface area contributed by atoms with Gasteiger partial charge in [0.1, 0.15) is 5.75 Å². The van der Waals surface area contributed by atoms with Crippen molar-refractivity contribution in [3.63, 3.8) is 0 Å². The molecule has 1 heterocycles. The van der Waals surface area contributed by atoms with E-state index in [2.05, 4.69) is 10.1 Å². The molecule has 0 saturated carbocycles. The normalized spacial score (nSPS) is 10.6. The summed E-state index contributed by atoms with van der Waals surface area (Å²) in [6.07, 6.45) is 0. The second-order valence-electron chi connectivity index (χ2n) is 5.28. The van der Waals surface area contributed by atoms with Gasteiger partial charge in [0, 0.05) is 10.6 Å². The van der Waals surface area contributed by atoms with Crippen molar-refractivity contribution in [2.45, 2.75) is 13.5 Å². The van der Waals surface area contributed by atoms with Crippen LogP contribution in [0.5, 0.6) is 17.2 Å². The maximum atomic E-state index is 6.00. The molecule has 7 heteroatoms. The summed E-state index contributed by atoms with van der Waals surface area (Å²) in [5.41, 5.74) is 1.70. The molecular weight excluding hydrogens is 344 g/mol. The average molecular weight is 361 g/mol. The highest BCUT2D eigenvalue weighted by molar-refractivity contribution is 6.31. The van der Waals surface area contributed by atoms with E-state index < -0.39 is 0 Å². The number of aryl methyl sites for hydroxylation is 1. The Balaban J connectivity index is 1.73. The Kier molecular flexibility index (Phi) is 5.09. The number of aromatic nitrogens is 2. The van der Waals surface area contributed by atoms with Gasteiger partial charge in [-0.2, -0.15) is 4.98 Å². The van der Waals surface area contributed by atoms with Crippen molar-refractivity contribution < 1.29 is 18.7 Å². The maximum absolute atomic E-state index is 6.00. The van der Waals surface area contributed by atoms with Gasteiger partial charge in [0.05, 0.1) is 14.2 Å². The number of rotatable bonds is 6. The van der Waals surface area contributed by atoms with Gasteiger partial charge >= 0.3 is 0 Å². The lowest BCUT2D eigenvalue weighted by atomic mass is 10.2. The fourth-order valence-electron chi connectivity index (χ4n) is 2.26. The minimum Gasteiger partial charge on any atom is -0.493 e. The van der Waals surface area contributed by atoms with Crippen LogP contribution >= 0.6 is 11.6 Å². The first-order valence-corrected chi connectivity index (χ1v) is 7.92. The number of hydrogen-bond donors (Lipinski definition) is 0. The topological polar surface area (TPSA) is 66.6 Å². The molecule has 0 aliphatic heterocycles. The zero-order chi connectivity index (χ0) is 17.8. The van der Waals surface area contributed by atoms with Gasteiger partial charge in [-0.15, -0.1) is 0 Å². The largest absolute Gasteiger partial charge is 0.493 e. The second kappa shape index (κ2) is 7.44. The molecular formula is C18H17ClN2O4. The summed E-state index contributed by atoms with van der Waals surface area (Å²) < 4.78 is 21.4. The Labute approximate surface area is 150 Å². The van der Waals surface area contributed by atoms with Crippen molar-refractivity contribution in [3.05, 3.63) is 52.9 Å². The first-order chi connectivity index (χ1) is 12.1. The molecule has 0 fully saturated rings. The molecule has 0 unspecified atom stereocenters. The summed E-state index contributed by atoms with van der Waals surface area (Å²) in [5.74, 6) is 2.74. The second-order valence-corrected chi connectivity index (χ2v) is 5.69. The van der Waals surface area contributed by atoms with E-state index in [1.54, 1.807) is 38.5 Å². The van der Waals surface area contributed by atoms with E-state index in [-0.39, 0.29) is 6.61 Å². The summed E-state index contributed by atoms with van der Waals surface area (Å²) in [5, 5.41) is 4.67. The lowest BCUT2D eigenvalue weighted by Gasteiger charge is -2.07. The zero-order valence-electron chi connectivity index (χ0n) is 14.1. The van der Waals surface area contributed by atoms with Crippen LogP contribution in [0.2, 0.25) is 5.02 Å². The molecule has 6 nitrogen and oxygen atoms in total. The zero-order valence-corrected chi connectivity index (χ0v) is 14.8. The highest BCUT2D eigenvalue weighted by Gasteiger charge is 2.12. The summed E-state index contributed by atoms with van der Waals surface area (Å²) in [6.45, 7) is 2.08. The average Bonchev–Trinajstić information content (AvgIpc) is 3.11. The molecule has 0 bridgehead atoms. The van der Waals surface area contributed by atoms with Gasteiger partial charge in [-0.3, -0.25) is 0 Å². The van der Waals surface area contributed by atoms with Crippen LogP contribution in [0.1, 0.15) is 11.5 Å². The number of methoxy groups -OCH3 is 2. The summed E-state index contributed by atoms with van der Waals surface area (Å²) in [4.78, 5) is 4.34. The van der Waals surface area contributed by atoms with Gasteiger partial charge in [0.25, 0.3) is 5.89 Å². The molecule has 0 aliphatic carbocycles. The molecule has 0 amide bonds. The van der Waals surface area contributed by atoms with Gasteiger partial charge in [-0.1, -0.05) is 16.8 Å². The SMILES string of the molecule is COc1ccc(-c2noc(COc3ccc(Cl)c(C)c3)n2)cc1OC. The number of halogens is 1. The summed E-state index contributed by atoms with van der Waals surface area (Å²) in [6, 6.07) is 10.8. The highest BCUT2D eigenvalue weighted by atomic mass is 35.5.